The smallest absolute Gasteiger partial charge is 0.278 e. The summed E-state index contributed by atoms with van der Waals surface area (Å²) in [5.74, 6) is 0.503. The zero-order chi connectivity index (χ0) is 17.1. The fraction of sp³-hybridized carbons (Fsp3) is 0.278. The van der Waals surface area contributed by atoms with E-state index in [1.54, 1.807) is 12.4 Å². The molecule has 0 saturated heterocycles. The molecule has 0 amide bonds. The van der Waals surface area contributed by atoms with Gasteiger partial charge in [-0.15, -0.1) is 0 Å². The predicted molar refractivity (Wildman–Crippen MR) is 92.2 cm³/mol. The van der Waals surface area contributed by atoms with Gasteiger partial charge in [-0.1, -0.05) is 17.3 Å². The van der Waals surface area contributed by atoms with Gasteiger partial charge < -0.3 is 4.52 Å². The van der Waals surface area contributed by atoms with Crippen molar-refractivity contribution >= 4 is 16.6 Å². The summed E-state index contributed by atoms with van der Waals surface area (Å²) in [7, 11) is 0. The summed E-state index contributed by atoms with van der Waals surface area (Å²) in [4.78, 5) is 17.7. The Kier molecular flexibility index (Phi) is 2.94. The van der Waals surface area contributed by atoms with Crippen molar-refractivity contribution < 1.29 is 4.52 Å². The van der Waals surface area contributed by atoms with E-state index in [2.05, 4.69) is 10.1 Å². The SMILES string of the molecule is Cc1cc(-c2ncn3c2c(=O)n(C(C)(C)C)c2ccccc23)on1. The number of para-hydroxylation sites is 2. The van der Waals surface area contributed by atoms with E-state index in [4.69, 9.17) is 4.52 Å². The lowest BCUT2D eigenvalue weighted by atomic mass is 10.1. The number of imidazole rings is 1. The van der Waals surface area contributed by atoms with Gasteiger partial charge in [0, 0.05) is 11.6 Å². The first kappa shape index (κ1) is 14.7. The van der Waals surface area contributed by atoms with E-state index in [1.165, 1.54) is 0 Å². The van der Waals surface area contributed by atoms with E-state index in [-0.39, 0.29) is 11.1 Å². The number of nitrogens with zero attached hydrogens (tertiary/aromatic N) is 4. The van der Waals surface area contributed by atoms with Crippen molar-refractivity contribution in [1.29, 1.82) is 0 Å². The number of benzene rings is 1. The number of fused-ring (bicyclic) bond motifs is 3. The van der Waals surface area contributed by atoms with Crippen LogP contribution in [-0.4, -0.2) is 19.1 Å². The third-order valence-electron chi connectivity index (χ3n) is 4.09. The normalized spacial score (nSPS) is 12.3. The zero-order valence-corrected chi connectivity index (χ0v) is 14.1. The Labute approximate surface area is 138 Å². The minimum Gasteiger partial charge on any atom is -0.354 e. The standard InChI is InChI=1S/C18H18N4O2/c1-11-9-14(24-20-11)15-16-17(23)22(18(2,3)4)13-8-6-5-7-12(13)21(16)10-19-15/h5-10H,1-4H3. The minimum atomic E-state index is -0.364. The van der Waals surface area contributed by atoms with Crippen molar-refractivity contribution in [2.75, 3.05) is 0 Å². The molecule has 0 fully saturated rings. The highest BCUT2D eigenvalue weighted by molar-refractivity contribution is 5.84. The maximum absolute atomic E-state index is 13.3. The van der Waals surface area contributed by atoms with Crippen LogP contribution in [0.5, 0.6) is 0 Å². The molecule has 3 aromatic heterocycles. The number of aryl methyl sites for hydroxylation is 1. The van der Waals surface area contributed by atoms with Gasteiger partial charge in [0.15, 0.2) is 5.76 Å². The van der Waals surface area contributed by atoms with Gasteiger partial charge in [-0.25, -0.2) is 4.98 Å². The largest absolute Gasteiger partial charge is 0.354 e. The first-order chi connectivity index (χ1) is 11.4. The van der Waals surface area contributed by atoms with Gasteiger partial charge in [0.2, 0.25) is 0 Å². The lowest BCUT2D eigenvalue weighted by Crippen LogP contribution is -2.35. The van der Waals surface area contributed by atoms with Crippen LogP contribution >= 0.6 is 0 Å². The molecule has 0 aliphatic carbocycles. The second-order valence-corrected chi connectivity index (χ2v) is 6.94. The van der Waals surface area contributed by atoms with Crippen LogP contribution in [0.2, 0.25) is 0 Å². The van der Waals surface area contributed by atoms with Crippen LogP contribution in [0.15, 0.2) is 46.0 Å². The lowest BCUT2D eigenvalue weighted by Gasteiger charge is -2.25. The Balaban J connectivity index is 2.22. The van der Waals surface area contributed by atoms with Crippen molar-refractivity contribution in [3.8, 4) is 11.5 Å². The summed E-state index contributed by atoms with van der Waals surface area (Å²) in [6.07, 6.45) is 1.67. The molecule has 0 atom stereocenters. The van der Waals surface area contributed by atoms with Gasteiger partial charge in [0.1, 0.15) is 17.5 Å². The third kappa shape index (κ3) is 1.99. The van der Waals surface area contributed by atoms with E-state index in [1.807, 2.05) is 60.9 Å². The Morgan fingerprint density at radius 3 is 2.46 bits per heavy atom. The van der Waals surface area contributed by atoms with Crippen LogP contribution in [0.1, 0.15) is 26.5 Å². The fourth-order valence-corrected chi connectivity index (χ4v) is 3.13. The molecular formula is C18H18N4O2. The molecule has 0 radical (unpaired) electrons. The number of rotatable bonds is 1. The highest BCUT2D eigenvalue weighted by atomic mass is 16.5. The molecule has 24 heavy (non-hydrogen) atoms. The van der Waals surface area contributed by atoms with Gasteiger partial charge in [0.05, 0.1) is 16.7 Å². The number of hydrogen-bond donors (Lipinski definition) is 0. The van der Waals surface area contributed by atoms with Crippen LogP contribution in [-0.2, 0) is 5.54 Å². The van der Waals surface area contributed by atoms with Crippen LogP contribution in [0.4, 0.5) is 0 Å². The maximum atomic E-state index is 13.3. The van der Waals surface area contributed by atoms with Gasteiger partial charge in [-0.3, -0.25) is 13.8 Å². The molecule has 0 aliphatic rings. The van der Waals surface area contributed by atoms with Gasteiger partial charge in [-0.05, 0) is 39.8 Å². The molecule has 4 rings (SSSR count). The first-order valence-corrected chi connectivity index (χ1v) is 7.83. The molecular weight excluding hydrogens is 304 g/mol. The molecule has 4 aromatic rings. The van der Waals surface area contributed by atoms with Gasteiger partial charge in [-0.2, -0.15) is 0 Å². The van der Waals surface area contributed by atoms with Gasteiger partial charge >= 0.3 is 0 Å². The van der Waals surface area contributed by atoms with E-state index in [9.17, 15) is 4.79 Å². The van der Waals surface area contributed by atoms with Crippen molar-refractivity contribution in [1.82, 2.24) is 19.1 Å². The highest BCUT2D eigenvalue weighted by Gasteiger charge is 2.24. The second-order valence-electron chi connectivity index (χ2n) is 6.94. The molecule has 0 spiro atoms. The molecule has 6 nitrogen and oxygen atoms in total. The molecule has 0 N–H and O–H groups in total. The van der Waals surface area contributed by atoms with E-state index in [0.717, 1.165) is 16.7 Å². The molecule has 0 aliphatic heterocycles. The monoisotopic (exact) mass is 322 g/mol. The predicted octanol–water partition coefficient (Wildman–Crippen LogP) is 3.37. The highest BCUT2D eigenvalue weighted by Crippen LogP contribution is 2.27. The molecule has 1 aromatic carbocycles. The first-order valence-electron chi connectivity index (χ1n) is 7.83. The second kappa shape index (κ2) is 4.80. The lowest BCUT2D eigenvalue weighted by molar-refractivity contribution is 0.398. The molecule has 3 heterocycles. The van der Waals surface area contributed by atoms with Crippen LogP contribution in [0, 0.1) is 6.92 Å². The Morgan fingerprint density at radius 2 is 1.83 bits per heavy atom. The summed E-state index contributed by atoms with van der Waals surface area (Å²) in [5, 5.41) is 3.91. The van der Waals surface area contributed by atoms with Crippen LogP contribution in [0.3, 0.4) is 0 Å². The molecule has 0 saturated carbocycles. The van der Waals surface area contributed by atoms with Crippen molar-refractivity contribution in [3.05, 3.63) is 52.7 Å². The third-order valence-corrected chi connectivity index (χ3v) is 4.09. The van der Waals surface area contributed by atoms with Crippen molar-refractivity contribution in [2.24, 2.45) is 0 Å². The summed E-state index contributed by atoms with van der Waals surface area (Å²) in [6, 6.07) is 9.63. The topological polar surface area (TPSA) is 65.3 Å². The average molecular weight is 322 g/mol. The van der Waals surface area contributed by atoms with Gasteiger partial charge in [0.25, 0.3) is 5.56 Å². The van der Waals surface area contributed by atoms with Crippen LogP contribution < -0.4 is 5.56 Å². The molecule has 122 valence electrons. The summed E-state index contributed by atoms with van der Waals surface area (Å²) < 4.78 is 8.97. The van der Waals surface area contributed by atoms with E-state index >= 15 is 0 Å². The Morgan fingerprint density at radius 1 is 1.12 bits per heavy atom. The Hall–Kier alpha value is -2.89. The van der Waals surface area contributed by atoms with E-state index < -0.39 is 0 Å². The average Bonchev–Trinajstić information content (AvgIpc) is 3.12. The fourth-order valence-electron chi connectivity index (χ4n) is 3.13. The van der Waals surface area contributed by atoms with Crippen molar-refractivity contribution in [3.63, 3.8) is 0 Å². The van der Waals surface area contributed by atoms with E-state index in [0.29, 0.717) is 17.0 Å². The van der Waals surface area contributed by atoms with Crippen LogP contribution in [0.25, 0.3) is 28.0 Å². The quantitative estimate of drug-likeness (QED) is 0.539. The maximum Gasteiger partial charge on any atom is 0.278 e. The summed E-state index contributed by atoms with van der Waals surface area (Å²) in [5.41, 5.74) is 3.12. The Bertz CT molecular complexity index is 1130. The number of hydrogen-bond acceptors (Lipinski definition) is 4. The molecule has 0 bridgehead atoms. The van der Waals surface area contributed by atoms with Crippen molar-refractivity contribution in [2.45, 2.75) is 33.2 Å². The summed E-state index contributed by atoms with van der Waals surface area (Å²) >= 11 is 0. The molecule has 6 heteroatoms. The minimum absolute atomic E-state index is 0.0947. The zero-order valence-electron chi connectivity index (χ0n) is 14.1. The molecule has 0 unspecified atom stereocenters. The summed E-state index contributed by atoms with van der Waals surface area (Å²) in [6.45, 7) is 7.90. The number of aromatic nitrogens is 4.